The van der Waals surface area contributed by atoms with Crippen molar-refractivity contribution in [2.45, 2.75) is 0 Å². The molecule has 0 nitrogen and oxygen atoms in total. The van der Waals surface area contributed by atoms with E-state index in [4.69, 9.17) is 0 Å². The Kier molecular flexibility index (Phi) is 6.57. The van der Waals surface area contributed by atoms with Crippen LogP contribution in [0.15, 0.2) is 0 Å². The van der Waals surface area contributed by atoms with Crippen LogP contribution in [0.1, 0.15) is 0 Å². The maximum Gasteiger partial charge on any atom is 0.487 e. The second-order valence-electron chi connectivity index (χ2n) is 0.214. The van der Waals surface area contributed by atoms with Crippen LogP contribution in [0.4, 0.5) is 17.9 Å². The third kappa shape index (κ3) is 140. The van der Waals surface area contributed by atoms with Crippen LogP contribution in [0, 0.1) is 6.68 Å². The van der Waals surface area contributed by atoms with Gasteiger partial charge < -0.3 is 0 Å². The summed E-state index contributed by atoms with van der Waals surface area (Å²) in [4.78, 5) is 0. The van der Waals surface area contributed by atoms with Gasteiger partial charge in [0.2, 0.25) is 0 Å². The third-order valence-corrected chi connectivity index (χ3v) is 0. The lowest BCUT2D eigenvalue weighted by atomic mass is 11.6. The van der Waals surface area contributed by atoms with Crippen LogP contribution < -0.4 is 0 Å². The fourth-order valence-electron chi connectivity index (χ4n) is 0. The van der Waals surface area contributed by atoms with Gasteiger partial charge in [-0.2, -0.15) is 13.2 Å². The molecule has 0 N–H and O–H groups in total. The molecule has 0 aromatic rings. The van der Waals surface area contributed by atoms with Crippen LogP contribution in [-0.4, -0.2) is 0 Å². The van der Waals surface area contributed by atoms with E-state index in [1.54, 1.807) is 0 Å². The van der Waals surface area contributed by atoms with Crippen LogP contribution in [-0.2, 0) is 0 Å². The van der Waals surface area contributed by atoms with Gasteiger partial charge in [0.1, 0.15) is 0 Å². The Morgan fingerprint density at radius 2 is 1.00 bits per heavy atom. The van der Waals surface area contributed by atoms with Gasteiger partial charge in [0.15, 0.2) is 0 Å². The highest BCUT2D eigenvalue weighted by Gasteiger charge is 1.93. The van der Waals surface area contributed by atoms with E-state index in [1.807, 2.05) is 0 Å². The summed E-state index contributed by atoms with van der Waals surface area (Å²) in [5, 5.41) is 0. The third-order valence-electron chi connectivity index (χ3n) is 0. The molecular formula is CHF4. The molecule has 0 spiro atoms. The monoisotopic (exact) mass is 89.0 g/mol. The van der Waals surface area contributed by atoms with Gasteiger partial charge in [-0.05, 0) is 0 Å². The quantitative estimate of drug-likeness (QED) is 0.394. The second-order valence-corrected chi connectivity index (χ2v) is 0.214. The minimum atomic E-state index is -3.08. The van der Waals surface area contributed by atoms with E-state index in [0.717, 1.165) is 0 Å². The van der Waals surface area contributed by atoms with E-state index in [0.29, 0.717) is 0 Å². The van der Waals surface area contributed by atoms with E-state index < -0.39 is 6.68 Å². The standard InChI is InChI=1S/CF3.FH/c2-1(3)4;/h;1H. The lowest BCUT2D eigenvalue weighted by molar-refractivity contribution is 0.142. The van der Waals surface area contributed by atoms with E-state index in [9.17, 15) is 13.2 Å². The molecule has 0 saturated heterocycles. The molecule has 0 aliphatic rings. The summed E-state index contributed by atoms with van der Waals surface area (Å²) in [5.74, 6) is 0. The molecule has 4 heteroatoms. The molecule has 0 aromatic heterocycles. The van der Waals surface area contributed by atoms with Crippen molar-refractivity contribution in [1.82, 2.24) is 0 Å². The van der Waals surface area contributed by atoms with Gasteiger partial charge in [-0.3, -0.25) is 4.70 Å². The summed E-state index contributed by atoms with van der Waals surface area (Å²) >= 11 is 0. The number of rotatable bonds is 0. The highest BCUT2D eigenvalue weighted by atomic mass is 19.4. The molecule has 0 atom stereocenters. The van der Waals surface area contributed by atoms with Crippen molar-refractivity contribution in [2.75, 3.05) is 0 Å². The molecule has 0 bridgehead atoms. The average molecular weight is 89.0 g/mol. The van der Waals surface area contributed by atoms with E-state index in [2.05, 4.69) is 0 Å². The molecule has 5 heavy (non-hydrogen) atoms. The summed E-state index contributed by atoms with van der Waals surface area (Å²) in [7, 11) is 0. The molecule has 0 saturated carbocycles. The van der Waals surface area contributed by atoms with Gasteiger partial charge in [0.25, 0.3) is 0 Å². The molecule has 0 aliphatic carbocycles. The zero-order valence-electron chi connectivity index (χ0n) is 2.04. The second kappa shape index (κ2) is 3.72. The van der Waals surface area contributed by atoms with Crippen molar-refractivity contribution in [3.63, 3.8) is 0 Å². The van der Waals surface area contributed by atoms with Crippen LogP contribution in [0.3, 0.4) is 0 Å². The van der Waals surface area contributed by atoms with Crippen molar-refractivity contribution < 1.29 is 17.9 Å². The van der Waals surface area contributed by atoms with Gasteiger partial charge in [-0.15, -0.1) is 0 Å². The molecule has 0 heterocycles. The number of halogens is 4. The van der Waals surface area contributed by atoms with Crippen LogP contribution in [0.25, 0.3) is 0 Å². The van der Waals surface area contributed by atoms with Crippen molar-refractivity contribution in [2.24, 2.45) is 0 Å². The summed E-state index contributed by atoms with van der Waals surface area (Å²) < 4.78 is 28.8. The topological polar surface area (TPSA) is 0 Å². The Balaban J connectivity index is 0. The maximum absolute atomic E-state index is 9.58. The van der Waals surface area contributed by atoms with Crippen molar-refractivity contribution >= 4 is 0 Å². The van der Waals surface area contributed by atoms with Gasteiger partial charge in [0, 0.05) is 0 Å². The van der Waals surface area contributed by atoms with E-state index in [1.165, 1.54) is 0 Å². The Labute approximate surface area is 26.0 Å². The van der Waals surface area contributed by atoms with Gasteiger partial charge >= 0.3 is 6.68 Å². The predicted octanol–water partition coefficient (Wildman–Crippen LogP) is 1.49. The molecule has 0 unspecified atom stereocenters. The SMILES string of the molecule is F.F[C](F)F. The summed E-state index contributed by atoms with van der Waals surface area (Å²) in [6.45, 7) is -3.08. The lowest BCUT2D eigenvalue weighted by Crippen LogP contribution is -1.49. The first-order valence-electron chi connectivity index (χ1n) is 0.567. The number of hydrogen-bond acceptors (Lipinski definition) is 0. The molecular weight excluding hydrogens is 88.0 g/mol. The van der Waals surface area contributed by atoms with E-state index >= 15 is 0 Å². The first kappa shape index (κ1) is 8.83. The Morgan fingerprint density at radius 1 is 1.00 bits per heavy atom. The zero-order chi connectivity index (χ0) is 3.58. The molecule has 33 valence electrons. The van der Waals surface area contributed by atoms with Gasteiger partial charge in [-0.25, -0.2) is 0 Å². The first-order chi connectivity index (χ1) is 1.73. The van der Waals surface area contributed by atoms with Gasteiger partial charge in [-0.1, -0.05) is 0 Å². The Bertz CT molecular complexity index is 8.36. The fourth-order valence-corrected chi connectivity index (χ4v) is 0. The van der Waals surface area contributed by atoms with Crippen molar-refractivity contribution in [1.29, 1.82) is 0 Å². The molecule has 0 aromatic carbocycles. The predicted molar refractivity (Wildman–Crippen MR) is 9.07 cm³/mol. The summed E-state index contributed by atoms with van der Waals surface area (Å²) in [6.07, 6.45) is 0. The lowest BCUT2D eigenvalue weighted by Gasteiger charge is -1.60. The summed E-state index contributed by atoms with van der Waals surface area (Å²) in [5.41, 5.74) is 0. The summed E-state index contributed by atoms with van der Waals surface area (Å²) in [6, 6.07) is 0. The van der Waals surface area contributed by atoms with Crippen LogP contribution in [0.2, 0.25) is 0 Å². The Hall–Kier alpha value is -0.280. The van der Waals surface area contributed by atoms with Crippen LogP contribution >= 0.6 is 0 Å². The Morgan fingerprint density at radius 3 is 1.00 bits per heavy atom. The normalized spacial score (nSPS) is 7.20. The highest BCUT2D eigenvalue weighted by Crippen LogP contribution is 1.99. The molecule has 0 fully saturated rings. The molecule has 0 rings (SSSR count). The van der Waals surface area contributed by atoms with E-state index in [-0.39, 0.29) is 4.70 Å². The van der Waals surface area contributed by atoms with Gasteiger partial charge in [0.05, 0.1) is 0 Å². The molecule has 0 aliphatic heterocycles. The maximum atomic E-state index is 9.58. The highest BCUT2D eigenvalue weighted by molar-refractivity contribution is 4.21. The average Bonchev–Trinajstić information content (AvgIpc) is 0.811. The minimum Gasteiger partial charge on any atom is -0.269 e. The molecule has 0 amide bonds. The smallest absolute Gasteiger partial charge is 0.269 e. The van der Waals surface area contributed by atoms with Crippen molar-refractivity contribution in [3.8, 4) is 0 Å². The van der Waals surface area contributed by atoms with Crippen molar-refractivity contribution in [3.05, 3.63) is 6.68 Å². The fraction of sp³-hybridized carbons (Fsp3) is 0. The van der Waals surface area contributed by atoms with Crippen LogP contribution in [0.5, 0.6) is 0 Å². The molecule has 1 radical (unpaired) electrons. The number of hydrogen-bond donors (Lipinski definition) is 0. The minimum absolute atomic E-state index is 0. The largest absolute Gasteiger partial charge is 0.487 e. The zero-order valence-corrected chi connectivity index (χ0v) is 2.04. The first-order valence-corrected chi connectivity index (χ1v) is 0.567.